The Kier molecular flexibility index (Phi) is 15.1. The van der Waals surface area contributed by atoms with Crippen LogP contribution in [0.5, 0.6) is 0 Å². The number of nitrogens with two attached hydrogens (primary N) is 1. The normalized spacial score (nSPS) is 17.7. The number of halogens is 3. The van der Waals surface area contributed by atoms with Crippen molar-refractivity contribution in [3.63, 3.8) is 0 Å². The number of hydrogen-bond donors (Lipinski definition) is 1. The van der Waals surface area contributed by atoms with Crippen molar-refractivity contribution < 1.29 is 54.7 Å². The molecule has 7 nitrogen and oxygen atoms in total. The van der Waals surface area contributed by atoms with E-state index in [1.54, 1.807) is 0 Å². The third-order valence-corrected chi connectivity index (χ3v) is 7.24. The van der Waals surface area contributed by atoms with Crippen LogP contribution in [0.15, 0.2) is 60.7 Å². The van der Waals surface area contributed by atoms with E-state index < -0.39 is 37.7 Å². The molecule has 5 radical (unpaired) electrons. The summed E-state index contributed by atoms with van der Waals surface area (Å²) in [4.78, 5) is 0. The minimum atomic E-state index is -6.09. The van der Waals surface area contributed by atoms with Crippen LogP contribution in [0, 0.1) is 29.6 Å². The zero-order chi connectivity index (χ0) is 29.5. The van der Waals surface area contributed by atoms with Crippen LogP contribution in [0.2, 0.25) is 0 Å². The molecule has 0 aromatic heterocycles. The predicted molar refractivity (Wildman–Crippen MR) is 141 cm³/mol. The molecule has 1 fully saturated rings. The fraction of sp³-hybridized carbons (Fsp3) is 0.346. The summed E-state index contributed by atoms with van der Waals surface area (Å²) in [5.41, 5.74) is 2.22. The van der Waals surface area contributed by atoms with Gasteiger partial charge < -0.3 is 15.0 Å². The smallest absolute Gasteiger partial charge is 0.741 e. The van der Waals surface area contributed by atoms with E-state index in [2.05, 4.69) is 39.3 Å². The van der Waals surface area contributed by atoms with Crippen LogP contribution < -0.4 is 5.73 Å². The molecule has 217 valence electrons. The first kappa shape index (κ1) is 37.7. The summed E-state index contributed by atoms with van der Waals surface area (Å²) in [5.74, 6) is 7.34. The molecule has 0 aliphatic heterocycles. The molecule has 2 aromatic carbocycles. The van der Waals surface area contributed by atoms with Crippen molar-refractivity contribution in [1.82, 2.24) is 0 Å². The Morgan fingerprint density at radius 2 is 1.00 bits per heavy atom. The number of hydrogen-bond acceptors (Lipinski definition) is 6. The third-order valence-electron chi connectivity index (χ3n) is 6.07. The number of rotatable bonds is 5. The first-order valence-corrected chi connectivity index (χ1v) is 14.5. The predicted octanol–water partition coefficient (Wildman–Crippen LogP) is 5.78. The van der Waals surface area contributed by atoms with Gasteiger partial charge in [-0.25, -0.2) is 16.8 Å². The van der Waals surface area contributed by atoms with E-state index in [-0.39, 0.29) is 20.1 Å². The molecular formula is C26H32F3IrN2O5S2+. The molecule has 1 aliphatic carbocycles. The van der Waals surface area contributed by atoms with E-state index in [4.69, 9.17) is 18.7 Å². The summed E-state index contributed by atoms with van der Waals surface area (Å²) in [6, 6.07) is 17.5. The Morgan fingerprint density at radius 1 is 0.718 bits per heavy atom. The average Bonchev–Trinajstić information content (AvgIpc) is 3.00. The van der Waals surface area contributed by atoms with Gasteiger partial charge in [0, 0.05) is 12.3 Å². The van der Waals surface area contributed by atoms with Gasteiger partial charge in [-0.3, -0.25) is 0 Å². The molecule has 39 heavy (non-hydrogen) atoms. The molecule has 0 saturated heterocycles. The number of benzene rings is 2. The van der Waals surface area contributed by atoms with Crippen molar-refractivity contribution >= 4 is 20.1 Å². The zero-order valence-corrected chi connectivity index (χ0v) is 26.3. The molecule has 2 aromatic rings. The van der Waals surface area contributed by atoms with E-state index >= 15 is 0 Å². The molecule has 3 rings (SSSR count). The maximum atomic E-state index is 11.5. The summed E-state index contributed by atoms with van der Waals surface area (Å²) < 4.78 is 85.9. The van der Waals surface area contributed by atoms with Gasteiger partial charge in [0.1, 0.15) is 0 Å². The Hall–Kier alpha value is -1.34. The SMILES string of the molecule is CS(=O)(=O)[N-][C@@H](c1ccccc1)[C@@H](N)c1ccccc1.C[C]1[C](C)[C](C)[C](C)[C]1C.O=S(=O)([O-])C(F)(F)F.[Ir+3]. The zero-order valence-electron chi connectivity index (χ0n) is 22.3. The van der Waals surface area contributed by atoms with Crippen molar-refractivity contribution in [2.75, 3.05) is 6.26 Å². The third kappa shape index (κ3) is 12.0. The van der Waals surface area contributed by atoms with E-state index in [0.29, 0.717) is 0 Å². The van der Waals surface area contributed by atoms with Crippen molar-refractivity contribution in [2.45, 2.75) is 52.2 Å². The number of nitrogens with zero attached hydrogens (tertiary/aromatic N) is 1. The Labute approximate surface area is 244 Å². The van der Waals surface area contributed by atoms with Gasteiger partial charge in [-0.15, -0.1) is 0 Å². The maximum absolute atomic E-state index is 11.5. The molecule has 0 amide bonds. The van der Waals surface area contributed by atoms with Gasteiger partial charge in [0.25, 0.3) is 0 Å². The van der Waals surface area contributed by atoms with Crippen LogP contribution in [-0.2, 0) is 40.2 Å². The molecule has 0 spiro atoms. The van der Waals surface area contributed by atoms with Crippen LogP contribution in [0.25, 0.3) is 4.72 Å². The molecule has 2 atom stereocenters. The monoisotopic (exact) mass is 766 g/mol. The quantitative estimate of drug-likeness (QED) is 0.304. The van der Waals surface area contributed by atoms with E-state index in [0.717, 1.165) is 17.4 Å². The Bertz CT molecular complexity index is 1160. The molecular weight excluding hydrogens is 734 g/mol. The molecule has 0 unspecified atom stereocenters. The Balaban J connectivity index is 0.000000637. The van der Waals surface area contributed by atoms with E-state index in [1.165, 1.54) is 29.6 Å². The van der Waals surface area contributed by atoms with Crippen molar-refractivity contribution in [2.24, 2.45) is 5.73 Å². The minimum Gasteiger partial charge on any atom is -0.741 e. The van der Waals surface area contributed by atoms with Crippen molar-refractivity contribution in [3.05, 3.63) is 106 Å². The molecule has 2 N–H and O–H groups in total. The maximum Gasteiger partial charge on any atom is 3.00 e. The minimum absolute atomic E-state index is 0. The van der Waals surface area contributed by atoms with Gasteiger partial charge in [0.15, 0.2) is 10.1 Å². The van der Waals surface area contributed by atoms with Gasteiger partial charge >= 0.3 is 25.6 Å². The van der Waals surface area contributed by atoms with Crippen molar-refractivity contribution in [1.29, 1.82) is 0 Å². The van der Waals surface area contributed by atoms with Crippen LogP contribution in [0.1, 0.15) is 57.8 Å². The summed E-state index contributed by atoms with van der Waals surface area (Å²) in [6.45, 7) is 11.0. The van der Waals surface area contributed by atoms with E-state index in [9.17, 15) is 21.6 Å². The van der Waals surface area contributed by atoms with Crippen LogP contribution >= 0.6 is 0 Å². The molecule has 0 bridgehead atoms. The second kappa shape index (κ2) is 15.6. The van der Waals surface area contributed by atoms with Gasteiger partial charge in [-0.05, 0) is 35.2 Å². The Morgan fingerprint density at radius 3 is 1.26 bits per heavy atom. The first-order valence-electron chi connectivity index (χ1n) is 11.3. The van der Waals surface area contributed by atoms with E-state index in [1.807, 2.05) is 60.7 Å². The summed E-state index contributed by atoms with van der Waals surface area (Å²) in [7, 11) is -9.57. The van der Waals surface area contributed by atoms with Gasteiger partial charge in [0.05, 0.1) is 10.0 Å². The fourth-order valence-corrected chi connectivity index (χ4v) is 4.12. The van der Waals surface area contributed by atoms with Crippen molar-refractivity contribution in [3.8, 4) is 0 Å². The molecule has 1 aliphatic rings. The van der Waals surface area contributed by atoms with Crippen LogP contribution in [-0.4, -0.2) is 33.2 Å². The number of sulfonamides is 1. The summed E-state index contributed by atoms with van der Waals surface area (Å²) >= 11 is 0. The van der Waals surface area contributed by atoms with Gasteiger partial charge in [0.2, 0.25) is 0 Å². The van der Waals surface area contributed by atoms with Crippen LogP contribution in [0.4, 0.5) is 13.2 Å². The standard InChI is InChI=1S/C15H17N2O2S.C10H15.CHF3O3S.Ir/c1-20(18,19)17-15(13-10-6-3-7-11-13)14(16)12-8-4-2-5-9-12;1-6-7(2)9(4)10(5)8(6)3;2-1(3,4)8(5,6)7;/h2-11,14-15H,16H2,1H3;1-5H3;(H,5,6,7);/q-1;;;+3/p-1/t14-,15-;;;/m0.../s1. The van der Waals surface area contributed by atoms with Crippen LogP contribution in [0.3, 0.4) is 0 Å². The second-order valence-electron chi connectivity index (χ2n) is 8.66. The average molecular weight is 766 g/mol. The molecule has 1 saturated carbocycles. The van der Waals surface area contributed by atoms with Gasteiger partial charge in [-0.1, -0.05) is 107 Å². The molecule has 13 heteroatoms. The topological polar surface area (TPSA) is 131 Å². The fourth-order valence-electron chi connectivity index (χ4n) is 3.45. The summed E-state index contributed by atoms with van der Waals surface area (Å²) in [5, 5.41) is 0. The first-order chi connectivity index (χ1) is 17.3. The largest absolute Gasteiger partial charge is 3.00 e. The second-order valence-corrected chi connectivity index (χ2v) is 11.7. The summed E-state index contributed by atoms with van der Waals surface area (Å²) in [6.07, 6.45) is 1.08. The van der Waals surface area contributed by atoms with Gasteiger partial charge in [-0.2, -0.15) is 13.2 Å². The number of alkyl halides is 3. The molecule has 0 heterocycles.